The summed E-state index contributed by atoms with van der Waals surface area (Å²) in [6.07, 6.45) is 4.26. The molecule has 0 unspecified atom stereocenters. The Hall–Kier alpha value is 0.433. The van der Waals surface area contributed by atoms with E-state index in [1.54, 1.807) is 0 Å². The average Bonchev–Trinajstić information content (AvgIpc) is 1.61. The molecule has 0 saturated heterocycles. The van der Waals surface area contributed by atoms with E-state index in [0.717, 1.165) is 6.42 Å². The molecule has 1 nitrogen and oxygen atoms in total. The monoisotopic (exact) mass is 215 g/mol. The van der Waals surface area contributed by atoms with Crippen molar-refractivity contribution in [1.29, 1.82) is 5.26 Å². The predicted molar refractivity (Wildman–Crippen MR) is 25.0 cm³/mol. The number of rotatable bonds is 1. The van der Waals surface area contributed by atoms with Gasteiger partial charge in [0.1, 0.15) is 0 Å². The summed E-state index contributed by atoms with van der Waals surface area (Å²) in [5, 5.41) is 7.86. The van der Waals surface area contributed by atoms with E-state index in [9.17, 15) is 0 Å². The summed E-state index contributed by atoms with van der Waals surface area (Å²) < 4.78 is 0. The van der Waals surface area contributed by atoms with Gasteiger partial charge in [-0.25, -0.2) is 0 Å². The fourth-order valence-electron chi connectivity index (χ4n) is 0.171. The first kappa shape index (κ1) is 22.7. The van der Waals surface area contributed by atoms with Gasteiger partial charge in [0, 0.05) is 6.08 Å². The summed E-state index contributed by atoms with van der Waals surface area (Å²) in [5.41, 5.74) is 0. The molecule has 48 valence electrons. The molecule has 0 aromatic carbocycles. The molecular formula is C5H7Cl2NZn. The maximum absolute atomic E-state index is 7.86. The van der Waals surface area contributed by atoms with E-state index >= 15 is 0 Å². The number of nitriles is 1. The minimum Gasteiger partial charge on any atom is -1.00 e. The first-order valence-electron chi connectivity index (χ1n) is 1.96. The molecule has 9 heavy (non-hydrogen) atoms. The molecule has 0 bridgehead atoms. The number of hydrogen-bond acceptors (Lipinski definition) is 1. The third-order valence-electron chi connectivity index (χ3n) is 0.428. The molecule has 0 heterocycles. The maximum Gasteiger partial charge on any atom is 2.00 e. The van der Waals surface area contributed by atoms with Crippen molar-refractivity contribution >= 4 is 0 Å². The van der Waals surface area contributed by atoms with Crippen LogP contribution < -0.4 is 24.8 Å². The number of allylic oxidation sites excluding steroid dienone is 2. The average molecular weight is 217 g/mol. The van der Waals surface area contributed by atoms with Crippen molar-refractivity contribution in [2.75, 3.05) is 0 Å². The standard InChI is InChI=1S/C5H7N.2ClH.Zn/c1-2-3-4-5-6;;;/h3-4H,2H2,1H3;2*1H;/q;;;+2/p-2. The summed E-state index contributed by atoms with van der Waals surface area (Å²) in [5.74, 6) is 0. The van der Waals surface area contributed by atoms with Crippen LogP contribution in [0.4, 0.5) is 0 Å². The molecule has 0 aliphatic rings. The number of nitrogens with zero attached hydrogens (tertiary/aromatic N) is 1. The minimum absolute atomic E-state index is 0. The molecule has 0 saturated carbocycles. The van der Waals surface area contributed by atoms with Gasteiger partial charge in [0.25, 0.3) is 0 Å². The van der Waals surface area contributed by atoms with Crippen molar-refractivity contribution in [1.82, 2.24) is 0 Å². The zero-order chi connectivity index (χ0) is 4.83. The van der Waals surface area contributed by atoms with E-state index in [0.29, 0.717) is 0 Å². The van der Waals surface area contributed by atoms with E-state index in [1.807, 2.05) is 19.1 Å². The molecule has 4 heteroatoms. The Bertz CT molecular complexity index is 87.4. The van der Waals surface area contributed by atoms with Crippen LogP contribution in [0.15, 0.2) is 12.2 Å². The van der Waals surface area contributed by atoms with Crippen LogP contribution >= 0.6 is 0 Å². The van der Waals surface area contributed by atoms with Crippen molar-refractivity contribution in [2.45, 2.75) is 13.3 Å². The van der Waals surface area contributed by atoms with Crippen LogP contribution in [0.5, 0.6) is 0 Å². The van der Waals surface area contributed by atoms with Crippen LogP contribution in [0.25, 0.3) is 0 Å². The van der Waals surface area contributed by atoms with Gasteiger partial charge >= 0.3 is 19.5 Å². The van der Waals surface area contributed by atoms with Gasteiger partial charge < -0.3 is 24.8 Å². The summed E-state index contributed by atoms with van der Waals surface area (Å²) in [6, 6.07) is 1.89. The van der Waals surface area contributed by atoms with Crippen molar-refractivity contribution in [2.24, 2.45) is 0 Å². The molecule has 0 aliphatic heterocycles. The van der Waals surface area contributed by atoms with Gasteiger partial charge in [-0.1, -0.05) is 13.0 Å². The van der Waals surface area contributed by atoms with Gasteiger partial charge in [0.2, 0.25) is 0 Å². The second-order valence-electron chi connectivity index (χ2n) is 0.940. The molecule has 0 spiro atoms. The normalized spacial score (nSPS) is 5.78. The zero-order valence-corrected chi connectivity index (χ0v) is 9.75. The van der Waals surface area contributed by atoms with Crippen LogP contribution in [0.3, 0.4) is 0 Å². The van der Waals surface area contributed by atoms with Crippen molar-refractivity contribution in [3.8, 4) is 6.07 Å². The Morgan fingerprint density at radius 2 is 1.89 bits per heavy atom. The van der Waals surface area contributed by atoms with Gasteiger partial charge in [-0.2, -0.15) is 5.26 Å². The maximum atomic E-state index is 7.86. The number of halogens is 2. The van der Waals surface area contributed by atoms with Gasteiger partial charge in [-0.05, 0) is 6.42 Å². The van der Waals surface area contributed by atoms with Gasteiger partial charge in [0.05, 0.1) is 6.07 Å². The van der Waals surface area contributed by atoms with Crippen LogP contribution in [0.2, 0.25) is 0 Å². The molecule has 0 rings (SSSR count). The Kier molecular flexibility index (Phi) is 59.9. The number of hydrogen-bond donors (Lipinski definition) is 0. The smallest absolute Gasteiger partial charge is 1.00 e. The topological polar surface area (TPSA) is 23.8 Å². The SMILES string of the molecule is CCC=CC#N.[Cl-].[Cl-].[Zn+2]. The van der Waals surface area contributed by atoms with E-state index < -0.39 is 0 Å². The first-order chi connectivity index (χ1) is 2.91. The van der Waals surface area contributed by atoms with Crippen molar-refractivity contribution < 1.29 is 44.3 Å². The molecule has 0 aromatic heterocycles. The molecule has 0 aromatic rings. The Morgan fingerprint density at radius 3 is 2.00 bits per heavy atom. The molecule has 0 amide bonds. The summed E-state index contributed by atoms with van der Waals surface area (Å²) in [7, 11) is 0. The van der Waals surface area contributed by atoms with Crippen LogP contribution in [0.1, 0.15) is 13.3 Å². The Labute approximate surface area is 81.1 Å². The van der Waals surface area contributed by atoms with Crippen molar-refractivity contribution in [3.05, 3.63) is 12.2 Å². The fraction of sp³-hybridized carbons (Fsp3) is 0.400. The molecular weight excluding hydrogens is 210 g/mol. The zero-order valence-electron chi connectivity index (χ0n) is 5.27. The summed E-state index contributed by atoms with van der Waals surface area (Å²) in [4.78, 5) is 0. The van der Waals surface area contributed by atoms with E-state index in [1.165, 1.54) is 6.08 Å². The van der Waals surface area contributed by atoms with Crippen molar-refractivity contribution in [3.63, 3.8) is 0 Å². The molecule has 0 radical (unpaired) electrons. The first-order valence-corrected chi connectivity index (χ1v) is 1.96. The van der Waals surface area contributed by atoms with Crippen LogP contribution in [-0.2, 0) is 19.5 Å². The summed E-state index contributed by atoms with van der Waals surface area (Å²) in [6.45, 7) is 1.99. The second kappa shape index (κ2) is 23.7. The van der Waals surface area contributed by atoms with Crippen LogP contribution in [0, 0.1) is 11.3 Å². The van der Waals surface area contributed by atoms with Gasteiger partial charge in [0.15, 0.2) is 0 Å². The van der Waals surface area contributed by atoms with E-state index in [2.05, 4.69) is 0 Å². The quantitative estimate of drug-likeness (QED) is 0.321. The second-order valence-corrected chi connectivity index (χ2v) is 0.940. The third kappa shape index (κ3) is 29.6. The van der Waals surface area contributed by atoms with Gasteiger partial charge in [-0.3, -0.25) is 0 Å². The third-order valence-corrected chi connectivity index (χ3v) is 0.428. The molecule has 0 atom stereocenters. The van der Waals surface area contributed by atoms with Gasteiger partial charge in [-0.15, -0.1) is 0 Å². The molecule has 0 fully saturated rings. The van der Waals surface area contributed by atoms with E-state index in [4.69, 9.17) is 5.26 Å². The molecule has 0 aliphatic carbocycles. The Balaban J connectivity index is -0.0000000417. The fourth-order valence-corrected chi connectivity index (χ4v) is 0.171. The molecule has 0 N–H and O–H groups in total. The van der Waals surface area contributed by atoms with E-state index in [-0.39, 0.29) is 44.3 Å². The summed E-state index contributed by atoms with van der Waals surface area (Å²) >= 11 is 0. The Morgan fingerprint density at radius 1 is 1.44 bits per heavy atom. The largest absolute Gasteiger partial charge is 2.00 e. The predicted octanol–water partition coefficient (Wildman–Crippen LogP) is -4.52. The van der Waals surface area contributed by atoms with Crippen LogP contribution in [-0.4, -0.2) is 0 Å². The minimum atomic E-state index is 0.